The molecule has 0 spiro atoms. The fourth-order valence-corrected chi connectivity index (χ4v) is 8.27. The predicted molar refractivity (Wildman–Crippen MR) is 267 cm³/mol. The van der Waals surface area contributed by atoms with Crippen LogP contribution in [0.25, 0.3) is 10.4 Å². The van der Waals surface area contributed by atoms with E-state index in [1.54, 1.807) is 6.92 Å². The number of hydrogen-bond acceptors (Lipinski definition) is 11. The average Bonchev–Trinajstić information content (AvgIpc) is 3.69. The molecule has 364 valence electrons. The molecular formula is C55H64N4O9S. The molecule has 1 aliphatic heterocycles. The van der Waals surface area contributed by atoms with Crippen molar-refractivity contribution in [2.75, 3.05) is 32.6 Å². The third kappa shape index (κ3) is 17.9. The number of hydrogen-bond donors (Lipinski definition) is 1. The maximum Gasteiger partial charge on any atom is 0.264 e. The van der Waals surface area contributed by atoms with Crippen LogP contribution in [-0.4, -0.2) is 76.5 Å². The van der Waals surface area contributed by atoms with E-state index in [1.165, 1.54) is 5.56 Å². The Kier molecular flexibility index (Phi) is 20.9. The lowest BCUT2D eigenvalue weighted by molar-refractivity contribution is -0.174. The van der Waals surface area contributed by atoms with Gasteiger partial charge in [0, 0.05) is 11.5 Å². The van der Waals surface area contributed by atoms with Crippen molar-refractivity contribution < 1.29 is 41.0 Å². The fourth-order valence-electron chi connectivity index (χ4n) is 7.83. The van der Waals surface area contributed by atoms with Crippen molar-refractivity contribution >= 4 is 10.1 Å². The quantitative estimate of drug-likeness (QED) is 0.0240. The van der Waals surface area contributed by atoms with Crippen LogP contribution in [-0.2, 0) is 82.4 Å². The smallest absolute Gasteiger partial charge is 0.264 e. The van der Waals surface area contributed by atoms with E-state index in [2.05, 4.69) is 58.7 Å². The van der Waals surface area contributed by atoms with E-state index in [0.29, 0.717) is 33.0 Å². The van der Waals surface area contributed by atoms with E-state index in [9.17, 15) is 13.9 Å². The molecule has 0 bridgehead atoms. The van der Waals surface area contributed by atoms with Gasteiger partial charge in [-0.1, -0.05) is 187 Å². The van der Waals surface area contributed by atoms with Crippen LogP contribution < -0.4 is 5.32 Å². The van der Waals surface area contributed by atoms with Gasteiger partial charge < -0.3 is 33.7 Å². The third-order valence-electron chi connectivity index (χ3n) is 11.6. The van der Waals surface area contributed by atoms with Gasteiger partial charge in [-0.25, -0.2) is 0 Å². The summed E-state index contributed by atoms with van der Waals surface area (Å²) < 4.78 is 66.6. The third-order valence-corrected chi connectivity index (χ3v) is 12.1. The molecule has 0 unspecified atom stereocenters. The van der Waals surface area contributed by atoms with Gasteiger partial charge in [0.15, 0.2) is 0 Å². The second-order valence-corrected chi connectivity index (χ2v) is 19.0. The molecule has 69 heavy (non-hydrogen) atoms. The lowest BCUT2D eigenvalue weighted by atomic mass is 9.93. The summed E-state index contributed by atoms with van der Waals surface area (Å²) in [4.78, 5) is 3.03. The molecule has 1 fully saturated rings. The van der Waals surface area contributed by atoms with Crippen molar-refractivity contribution in [3.8, 4) is 0 Å². The lowest BCUT2D eigenvalue weighted by Gasteiger charge is -2.39. The van der Waals surface area contributed by atoms with E-state index >= 15 is 0 Å². The SMILES string of the molecule is C[C@@](COS(C)(=O)=O)(OCc1ccccc1)[C@H](OCc1ccccc1)[C@@H](COCc1ccccc1)N=[N+]=[N-].C[C@]1(OCc2ccccc2)CN[C@H](COCc2ccccc2)[C@H]1OCc1ccccc1. The molecule has 6 aromatic carbocycles. The van der Waals surface area contributed by atoms with Gasteiger partial charge in [-0.3, -0.25) is 4.18 Å². The van der Waals surface area contributed by atoms with Crippen molar-refractivity contribution in [2.24, 2.45) is 5.11 Å². The van der Waals surface area contributed by atoms with Crippen molar-refractivity contribution in [2.45, 2.75) is 89.0 Å². The predicted octanol–water partition coefficient (Wildman–Crippen LogP) is 10.2. The van der Waals surface area contributed by atoms with Crippen LogP contribution in [0, 0.1) is 0 Å². The van der Waals surface area contributed by atoms with Crippen LogP contribution in [0.15, 0.2) is 187 Å². The summed E-state index contributed by atoms with van der Waals surface area (Å²) >= 11 is 0. The number of ether oxygens (including phenoxy) is 6. The Morgan fingerprint density at radius 1 is 0.652 bits per heavy atom. The molecule has 1 saturated heterocycles. The summed E-state index contributed by atoms with van der Waals surface area (Å²) in [7, 11) is -3.80. The van der Waals surface area contributed by atoms with Crippen molar-refractivity contribution in [1.29, 1.82) is 0 Å². The second-order valence-electron chi connectivity index (χ2n) is 17.3. The van der Waals surface area contributed by atoms with Crippen molar-refractivity contribution in [3.63, 3.8) is 0 Å². The zero-order valence-electron chi connectivity index (χ0n) is 39.6. The van der Waals surface area contributed by atoms with E-state index in [0.717, 1.165) is 40.6 Å². The van der Waals surface area contributed by atoms with Crippen LogP contribution in [0.1, 0.15) is 47.2 Å². The minimum atomic E-state index is -3.80. The highest BCUT2D eigenvalue weighted by atomic mass is 32.2. The largest absolute Gasteiger partial charge is 0.376 e. The summed E-state index contributed by atoms with van der Waals surface area (Å²) in [6.45, 7) is 7.09. The molecule has 7 rings (SSSR count). The first-order chi connectivity index (χ1) is 33.5. The lowest BCUT2D eigenvalue weighted by Crippen LogP contribution is -2.54. The number of rotatable bonds is 26. The number of benzene rings is 6. The van der Waals surface area contributed by atoms with Gasteiger partial charge in [0.25, 0.3) is 10.1 Å². The highest BCUT2D eigenvalue weighted by molar-refractivity contribution is 7.86. The number of azide groups is 1. The minimum Gasteiger partial charge on any atom is -0.376 e. The molecule has 0 saturated carbocycles. The van der Waals surface area contributed by atoms with Crippen LogP contribution >= 0.6 is 0 Å². The monoisotopic (exact) mass is 956 g/mol. The van der Waals surface area contributed by atoms with Gasteiger partial charge in [-0.2, -0.15) is 8.42 Å². The molecule has 1 heterocycles. The molecule has 0 aromatic heterocycles. The molecule has 0 radical (unpaired) electrons. The van der Waals surface area contributed by atoms with Crippen LogP contribution in [0.4, 0.5) is 0 Å². The summed E-state index contributed by atoms with van der Waals surface area (Å²) in [5.41, 5.74) is 13.8. The molecule has 13 nitrogen and oxygen atoms in total. The van der Waals surface area contributed by atoms with Gasteiger partial charge in [-0.15, -0.1) is 0 Å². The Balaban J connectivity index is 0.000000231. The minimum absolute atomic E-state index is 0.0154. The van der Waals surface area contributed by atoms with E-state index in [4.69, 9.17) is 32.6 Å². The number of nitrogens with zero attached hydrogens (tertiary/aromatic N) is 3. The molecular weight excluding hydrogens is 893 g/mol. The Bertz CT molecular complexity index is 2510. The Morgan fingerprint density at radius 3 is 1.57 bits per heavy atom. The van der Waals surface area contributed by atoms with Gasteiger partial charge in [-0.05, 0) is 52.8 Å². The maximum absolute atomic E-state index is 12.0. The first-order valence-electron chi connectivity index (χ1n) is 23.0. The topological polar surface area (TPSA) is 160 Å². The van der Waals surface area contributed by atoms with Crippen LogP contribution in [0.2, 0.25) is 0 Å². The first kappa shape index (κ1) is 52.6. The van der Waals surface area contributed by atoms with Gasteiger partial charge in [0.05, 0.1) is 83.9 Å². The summed E-state index contributed by atoms with van der Waals surface area (Å²) in [6, 6.07) is 58.5. The van der Waals surface area contributed by atoms with Crippen LogP contribution in [0.5, 0.6) is 0 Å². The standard InChI is InChI=1S/C28H33N3O6S.C27H31NO3/c1-28(22-37-38(2,32)33,36-20-25-16-10-5-11-17-25)27(35-19-24-14-8-4-9-15-24)26(30-31-29)21-34-18-23-12-6-3-7-13-23;1-27(31-19-24-15-9-4-10-16-24)21-28-25(20-29-17-22-11-5-2-6-12-22)26(27)30-18-23-13-7-3-8-14-23/h3-17,26-27H,18-22H2,1-2H3;2-16,25-26,28H,17-21H2,1H3/t26-,27-,28+;25-,26-,27+/m11/s1. The van der Waals surface area contributed by atoms with E-state index in [1.807, 2.05) is 146 Å². The van der Waals surface area contributed by atoms with Gasteiger partial charge >= 0.3 is 0 Å². The molecule has 1 aliphatic rings. The first-order valence-corrected chi connectivity index (χ1v) is 24.9. The highest BCUT2D eigenvalue weighted by Crippen LogP contribution is 2.31. The molecule has 6 atom stereocenters. The number of nitrogens with one attached hydrogen (secondary N) is 1. The summed E-state index contributed by atoms with van der Waals surface area (Å²) in [6.07, 6.45) is -0.0646. The molecule has 1 N–H and O–H groups in total. The molecule has 0 aliphatic carbocycles. The second kappa shape index (κ2) is 27.4. The molecule has 6 aromatic rings. The maximum atomic E-state index is 12.0. The van der Waals surface area contributed by atoms with E-state index < -0.39 is 33.5 Å². The zero-order valence-corrected chi connectivity index (χ0v) is 40.4. The molecule has 14 heteroatoms. The van der Waals surface area contributed by atoms with E-state index in [-0.39, 0.29) is 38.6 Å². The highest BCUT2D eigenvalue weighted by Gasteiger charge is 2.47. The van der Waals surface area contributed by atoms with Crippen molar-refractivity contribution in [1.82, 2.24) is 5.32 Å². The van der Waals surface area contributed by atoms with Crippen molar-refractivity contribution in [3.05, 3.63) is 226 Å². The Labute approximate surface area is 407 Å². The molecule has 0 amide bonds. The average molecular weight is 957 g/mol. The van der Waals surface area contributed by atoms with Gasteiger partial charge in [0.2, 0.25) is 0 Å². The fraction of sp³-hybridized carbons (Fsp3) is 0.345. The Hall–Kier alpha value is -5.74. The van der Waals surface area contributed by atoms with Gasteiger partial charge in [0.1, 0.15) is 17.3 Å². The zero-order chi connectivity index (χ0) is 48.6. The summed E-state index contributed by atoms with van der Waals surface area (Å²) in [5.74, 6) is 0. The normalized spacial score (nSPS) is 18.5. The Morgan fingerprint density at radius 2 is 1.09 bits per heavy atom. The van der Waals surface area contributed by atoms with Crippen LogP contribution in [0.3, 0.4) is 0 Å². The summed E-state index contributed by atoms with van der Waals surface area (Å²) in [5, 5.41) is 7.56.